The van der Waals surface area contributed by atoms with Crippen LogP contribution in [0.25, 0.3) is 0 Å². The minimum Gasteiger partial charge on any atom is -0.382 e. The SMILES string of the molecule is Cc1c(NC2CCOC(C)C2)cccc1C(N)=O. The molecule has 4 heteroatoms. The molecule has 1 saturated heterocycles. The van der Waals surface area contributed by atoms with E-state index in [0.717, 1.165) is 30.7 Å². The van der Waals surface area contributed by atoms with Gasteiger partial charge in [-0.3, -0.25) is 4.79 Å². The first-order chi connectivity index (χ1) is 8.58. The maximum Gasteiger partial charge on any atom is 0.249 e. The molecule has 0 bridgehead atoms. The number of carbonyl (C=O) groups excluding carboxylic acids is 1. The predicted octanol–water partition coefficient (Wildman–Crippen LogP) is 2.07. The topological polar surface area (TPSA) is 64.3 Å². The molecule has 0 saturated carbocycles. The van der Waals surface area contributed by atoms with Crippen LogP contribution < -0.4 is 11.1 Å². The molecule has 0 aliphatic carbocycles. The Balaban J connectivity index is 2.14. The zero-order chi connectivity index (χ0) is 13.1. The molecular formula is C14H20N2O2. The minimum atomic E-state index is -0.378. The van der Waals surface area contributed by atoms with Crippen molar-refractivity contribution in [3.05, 3.63) is 29.3 Å². The third kappa shape index (κ3) is 2.82. The molecule has 1 fully saturated rings. The van der Waals surface area contributed by atoms with E-state index in [-0.39, 0.29) is 12.0 Å². The van der Waals surface area contributed by atoms with Crippen molar-refractivity contribution in [1.29, 1.82) is 0 Å². The maximum atomic E-state index is 11.3. The van der Waals surface area contributed by atoms with Crippen LogP contribution >= 0.6 is 0 Å². The molecule has 2 atom stereocenters. The van der Waals surface area contributed by atoms with Gasteiger partial charge in [0.15, 0.2) is 0 Å². The van der Waals surface area contributed by atoms with Crippen LogP contribution in [0.2, 0.25) is 0 Å². The Labute approximate surface area is 108 Å². The van der Waals surface area contributed by atoms with E-state index in [1.807, 2.05) is 19.1 Å². The number of anilines is 1. The quantitative estimate of drug-likeness (QED) is 0.860. The van der Waals surface area contributed by atoms with Crippen LogP contribution in [0.5, 0.6) is 0 Å². The van der Waals surface area contributed by atoms with Gasteiger partial charge in [-0.15, -0.1) is 0 Å². The van der Waals surface area contributed by atoms with Gasteiger partial charge in [0.2, 0.25) is 5.91 Å². The Morgan fingerprint density at radius 2 is 2.28 bits per heavy atom. The molecule has 18 heavy (non-hydrogen) atoms. The summed E-state index contributed by atoms with van der Waals surface area (Å²) in [6.45, 7) is 4.79. The summed E-state index contributed by atoms with van der Waals surface area (Å²) in [6, 6.07) is 6.01. The number of rotatable bonds is 3. The number of nitrogens with one attached hydrogen (secondary N) is 1. The fraction of sp³-hybridized carbons (Fsp3) is 0.500. The molecule has 98 valence electrons. The van der Waals surface area contributed by atoms with Gasteiger partial charge < -0.3 is 15.8 Å². The highest BCUT2D eigenvalue weighted by molar-refractivity contribution is 5.95. The maximum absolute atomic E-state index is 11.3. The Morgan fingerprint density at radius 1 is 1.50 bits per heavy atom. The van der Waals surface area contributed by atoms with E-state index in [4.69, 9.17) is 10.5 Å². The number of nitrogens with two attached hydrogens (primary N) is 1. The summed E-state index contributed by atoms with van der Waals surface area (Å²) in [4.78, 5) is 11.3. The van der Waals surface area contributed by atoms with Crippen molar-refractivity contribution >= 4 is 11.6 Å². The molecule has 1 amide bonds. The Hall–Kier alpha value is -1.55. The van der Waals surface area contributed by atoms with Crippen molar-refractivity contribution in [1.82, 2.24) is 0 Å². The second-order valence-electron chi connectivity index (χ2n) is 4.89. The first-order valence-corrected chi connectivity index (χ1v) is 6.35. The smallest absolute Gasteiger partial charge is 0.249 e. The standard InChI is InChI=1S/C14H20N2O2/c1-9-8-11(6-7-18-9)16-13-5-3-4-12(10(13)2)14(15)17/h3-5,9,11,16H,6-8H2,1-2H3,(H2,15,17). The van der Waals surface area contributed by atoms with E-state index in [0.29, 0.717) is 11.6 Å². The van der Waals surface area contributed by atoms with Gasteiger partial charge in [0.1, 0.15) is 0 Å². The van der Waals surface area contributed by atoms with E-state index in [9.17, 15) is 4.79 Å². The lowest BCUT2D eigenvalue weighted by Gasteiger charge is -2.29. The van der Waals surface area contributed by atoms with Crippen molar-refractivity contribution in [2.75, 3.05) is 11.9 Å². The molecule has 1 aromatic carbocycles. The Bertz CT molecular complexity index is 445. The molecule has 0 spiro atoms. The summed E-state index contributed by atoms with van der Waals surface area (Å²) in [5.74, 6) is -0.378. The third-order valence-electron chi connectivity index (χ3n) is 3.44. The summed E-state index contributed by atoms with van der Waals surface area (Å²) in [7, 11) is 0. The Morgan fingerprint density at radius 3 is 2.94 bits per heavy atom. The van der Waals surface area contributed by atoms with E-state index in [2.05, 4.69) is 12.2 Å². The fourth-order valence-corrected chi connectivity index (χ4v) is 2.41. The van der Waals surface area contributed by atoms with Crippen LogP contribution in [0, 0.1) is 6.92 Å². The lowest BCUT2D eigenvalue weighted by Crippen LogP contribution is -2.32. The number of carbonyl (C=O) groups is 1. The number of amides is 1. The van der Waals surface area contributed by atoms with Gasteiger partial charge in [-0.05, 0) is 44.4 Å². The number of hydrogen-bond donors (Lipinski definition) is 2. The first-order valence-electron chi connectivity index (χ1n) is 6.35. The molecule has 1 aliphatic heterocycles. The third-order valence-corrected chi connectivity index (χ3v) is 3.44. The molecular weight excluding hydrogens is 228 g/mol. The number of ether oxygens (including phenoxy) is 1. The monoisotopic (exact) mass is 248 g/mol. The highest BCUT2D eigenvalue weighted by Gasteiger charge is 2.20. The lowest BCUT2D eigenvalue weighted by atomic mass is 10.0. The van der Waals surface area contributed by atoms with Gasteiger partial charge >= 0.3 is 0 Å². The molecule has 1 aromatic rings. The van der Waals surface area contributed by atoms with Crippen LogP contribution in [0.15, 0.2) is 18.2 Å². The summed E-state index contributed by atoms with van der Waals surface area (Å²) in [6.07, 6.45) is 2.26. The van der Waals surface area contributed by atoms with Crippen LogP contribution in [0.4, 0.5) is 5.69 Å². The zero-order valence-electron chi connectivity index (χ0n) is 10.9. The van der Waals surface area contributed by atoms with Gasteiger partial charge in [-0.1, -0.05) is 6.07 Å². The molecule has 1 aliphatic rings. The fourth-order valence-electron chi connectivity index (χ4n) is 2.41. The molecule has 2 rings (SSSR count). The molecule has 3 N–H and O–H groups in total. The lowest BCUT2D eigenvalue weighted by molar-refractivity contribution is 0.0232. The second-order valence-corrected chi connectivity index (χ2v) is 4.89. The average Bonchev–Trinajstić information content (AvgIpc) is 2.31. The van der Waals surface area contributed by atoms with Crippen molar-refractivity contribution in [3.63, 3.8) is 0 Å². The predicted molar refractivity (Wildman–Crippen MR) is 71.8 cm³/mol. The van der Waals surface area contributed by atoms with Gasteiger partial charge in [-0.2, -0.15) is 0 Å². The van der Waals surface area contributed by atoms with Gasteiger partial charge in [0, 0.05) is 23.9 Å². The normalized spacial score (nSPS) is 23.7. The largest absolute Gasteiger partial charge is 0.382 e. The zero-order valence-corrected chi connectivity index (χ0v) is 10.9. The summed E-state index contributed by atoms with van der Waals surface area (Å²) < 4.78 is 5.52. The van der Waals surface area contributed by atoms with Gasteiger partial charge in [0.25, 0.3) is 0 Å². The van der Waals surface area contributed by atoms with Crippen LogP contribution in [0.3, 0.4) is 0 Å². The van der Waals surface area contributed by atoms with Crippen LogP contribution in [-0.4, -0.2) is 24.7 Å². The Kier molecular flexibility index (Phi) is 3.87. The molecule has 0 aromatic heterocycles. The van der Waals surface area contributed by atoms with Crippen molar-refractivity contribution in [2.45, 2.75) is 38.8 Å². The van der Waals surface area contributed by atoms with Gasteiger partial charge in [-0.25, -0.2) is 0 Å². The molecule has 2 unspecified atom stereocenters. The average molecular weight is 248 g/mol. The highest BCUT2D eigenvalue weighted by Crippen LogP contribution is 2.23. The number of hydrogen-bond acceptors (Lipinski definition) is 3. The van der Waals surface area contributed by atoms with Gasteiger partial charge in [0.05, 0.1) is 6.10 Å². The summed E-state index contributed by atoms with van der Waals surface area (Å²) >= 11 is 0. The highest BCUT2D eigenvalue weighted by atomic mass is 16.5. The van der Waals surface area contributed by atoms with E-state index in [1.165, 1.54) is 0 Å². The number of benzene rings is 1. The van der Waals surface area contributed by atoms with E-state index in [1.54, 1.807) is 6.07 Å². The molecule has 4 nitrogen and oxygen atoms in total. The summed E-state index contributed by atoms with van der Waals surface area (Å²) in [5.41, 5.74) is 7.85. The van der Waals surface area contributed by atoms with Crippen LogP contribution in [-0.2, 0) is 4.74 Å². The number of primary amides is 1. The van der Waals surface area contributed by atoms with E-state index < -0.39 is 0 Å². The van der Waals surface area contributed by atoms with Crippen molar-refractivity contribution < 1.29 is 9.53 Å². The van der Waals surface area contributed by atoms with Crippen molar-refractivity contribution in [3.8, 4) is 0 Å². The van der Waals surface area contributed by atoms with Crippen molar-refractivity contribution in [2.24, 2.45) is 5.73 Å². The van der Waals surface area contributed by atoms with E-state index >= 15 is 0 Å². The molecule has 1 heterocycles. The van der Waals surface area contributed by atoms with Crippen LogP contribution in [0.1, 0.15) is 35.7 Å². The first kappa shape index (κ1) is 12.9. The molecule has 0 radical (unpaired) electrons. The summed E-state index contributed by atoms with van der Waals surface area (Å²) in [5, 5.41) is 3.49. The second kappa shape index (κ2) is 5.40. The minimum absolute atomic E-state index is 0.288.